The van der Waals surface area contributed by atoms with Crippen molar-refractivity contribution < 1.29 is 0 Å². The average Bonchev–Trinajstić information content (AvgIpc) is 2.66. The molecule has 3 aliphatic heterocycles. The highest BCUT2D eigenvalue weighted by atomic mass is 35.5. The van der Waals surface area contributed by atoms with Gasteiger partial charge in [0.05, 0.1) is 17.4 Å². The van der Waals surface area contributed by atoms with Gasteiger partial charge in [0.1, 0.15) is 0 Å². The topological polar surface area (TPSA) is 29.0 Å². The van der Waals surface area contributed by atoms with Gasteiger partial charge >= 0.3 is 0 Å². The number of rotatable bonds is 1. The zero-order chi connectivity index (χ0) is 9.54. The second kappa shape index (κ2) is 3.43. The molecule has 4 heterocycles. The largest absolute Gasteiger partial charge is 0.303 e. The minimum absolute atomic E-state index is 0.545. The molecule has 14 heavy (non-hydrogen) atoms. The molecule has 1 aromatic heterocycles. The lowest BCUT2D eigenvalue weighted by Crippen LogP contribution is -2.46. The molecule has 3 nitrogen and oxygen atoms in total. The van der Waals surface area contributed by atoms with Crippen molar-refractivity contribution in [2.75, 3.05) is 19.6 Å². The second-order valence-electron chi connectivity index (χ2n) is 4.18. The Balaban J connectivity index is 1.89. The smallest absolute Gasteiger partial charge is 0.166 e. The van der Waals surface area contributed by atoms with Gasteiger partial charge in [-0.3, -0.25) is 0 Å². The lowest BCUT2D eigenvalue weighted by molar-refractivity contribution is 0.0858. The Kier molecular flexibility index (Phi) is 2.22. The summed E-state index contributed by atoms with van der Waals surface area (Å²) in [6, 6.07) is 0. The predicted molar refractivity (Wildman–Crippen MR) is 56.8 cm³/mol. The Labute approximate surface area is 92.4 Å². The zero-order valence-corrected chi connectivity index (χ0v) is 9.39. The highest BCUT2D eigenvalue weighted by Crippen LogP contribution is 2.40. The highest BCUT2D eigenvalue weighted by Gasteiger charge is 2.37. The molecule has 0 saturated carbocycles. The SMILES string of the molecule is Clc1nsnc1C1CN2CCC1CC2. The first-order valence-corrected chi connectivity index (χ1v) is 6.16. The molecular weight excluding hydrogens is 218 g/mol. The normalized spacial score (nSPS) is 36.2. The van der Waals surface area contributed by atoms with Crippen LogP contribution in [0.25, 0.3) is 0 Å². The van der Waals surface area contributed by atoms with E-state index < -0.39 is 0 Å². The van der Waals surface area contributed by atoms with Crippen LogP contribution in [0.5, 0.6) is 0 Å². The van der Waals surface area contributed by atoms with Crippen LogP contribution in [-0.4, -0.2) is 33.3 Å². The number of fused-ring (bicyclic) bond motifs is 3. The average molecular weight is 230 g/mol. The van der Waals surface area contributed by atoms with Gasteiger partial charge in [-0.2, -0.15) is 8.75 Å². The molecule has 0 amide bonds. The minimum Gasteiger partial charge on any atom is -0.303 e. The van der Waals surface area contributed by atoms with Gasteiger partial charge in [0.15, 0.2) is 5.15 Å². The van der Waals surface area contributed by atoms with Crippen LogP contribution in [0.4, 0.5) is 0 Å². The molecule has 5 heteroatoms. The van der Waals surface area contributed by atoms with Crippen LogP contribution in [0, 0.1) is 5.92 Å². The van der Waals surface area contributed by atoms with Gasteiger partial charge < -0.3 is 4.90 Å². The van der Waals surface area contributed by atoms with Crippen LogP contribution in [0.2, 0.25) is 5.15 Å². The van der Waals surface area contributed by atoms with E-state index >= 15 is 0 Å². The van der Waals surface area contributed by atoms with Crippen LogP contribution >= 0.6 is 23.3 Å². The molecule has 1 unspecified atom stereocenters. The molecule has 0 aliphatic carbocycles. The summed E-state index contributed by atoms with van der Waals surface area (Å²) in [6.07, 6.45) is 2.61. The molecule has 3 fully saturated rings. The lowest BCUT2D eigenvalue weighted by Gasteiger charge is -2.44. The first kappa shape index (κ1) is 9.07. The van der Waals surface area contributed by atoms with Crippen LogP contribution in [0.3, 0.4) is 0 Å². The highest BCUT2D eigenvalue weighted by molar-refractivity contribution is 6.99. The third kappa shape index (κ3) is 1.36. The van der Waals surface area contributed by atoms with E-state index in [4.69, 9.17) is 11.6 Å². The molecule has 4 rings (SSSR count). The summed E-state index contributed by atoms with van der Waals surface area (Å²) in [7, 11) is 0. The summed E-state index contributed by atoms with van der Waals surface area (Å²) < 4.78 is 8.38. The number of nitrogens with zero attached hydrogens (tertiary/aromatic N) is 3. The Morgan fingerprint density at radius 1 is 1.29 bits per heavy atom. The molecule has 0 aromatic carbocycles. The molecular formula is C9H12ClN3S. The Morgan fingerprint density at radius 2 is 2.07 bits per heavy atom. The van der Waals surface area contributed by atoms with Crippen LogP contribution < -0.4 is 0 Å². The van der Waals surface area contributed by atoms with E-state index in [2.05, 4.69) is 13.6 Å². The van der Waals surface area contributed by atoms with Gasteiger partial charge in [-0.15, -0.1) is 0 Å². The Hall–Kier alpha value is -0.190. The Morgan fingerprint density at radius 3 is 2.57 bits per heavy atom. The summed E-state index contributed by atoms with van der Waals surface area (Å²) in [5.41, 5.74) is 1.05. The van der Waals surface area contributed by atoms with E-state index in [0.717, 1.165) is 18.2 Å². The van der Waals surface area contributed by atoms with Gasteiger partial charge in [0, 0.05) is 12.5 Å². The van der Waals surface area contributed by atoms with Gasteiger partial charge in [0.25, 0.3) is 0 Å². The number of piperidine rings is 3. The van der Waals surface area contributed by atoms with Crippen molar-refractivity contribution in [2.24, 2.45) is 5.92 Å². The summed E-state index contributed by atoms with van der Waals surface area (Å²) in [6.45, 7) is 3.66. The number of hydrogen-bond acceptors (Lipinski definition) is 4. The summed E-state index contributed by atoms with van der Waals surface area (Å²) >= 11 is 7.27. The Bertz CT molecular complexity index is 333. The molecule has 1 aromatic rings. The molecule has 3 saturated heterocycles. The fourth-order valence-electron chi connectivity index (χ4n) is 2.68. The molecule has 1 atom stereocenters. The van der Waals surface area contributed by atoms with E-state index in [-0.39, 0.29) is 0 Å². The third-order valence-electron chi connectivity index (χ3n) is 3.48. The maximum absolute atomic E-state index is 6.03. The van der Waals surface area contributed by atoms with Crippen molar-refractivity contribution in [1.82, 2.24) is 13.6 Å². The molecule has 0 radical (unpaired) electrons. The van der Waals surface area contributed by atoms with Crippen LogP contribution in [0.1, 0.15) is 24.5 Å². The van der Waals surface area contributed by atoms with Gasteiger partial charge in [0.2, 0.25) is 0 Å². The van der Waals surface area contributed by atoms with Crippen molar-refractivity contribution in [3.05, 3.63) is 10.8 Å². The van der Waals surface area contributed by atoms with E-state index in [1.54, 1.807) is 0 Å². The molecule has 0 N–H and O–H groups in total. The van der Waals surface area contributed by atoms with E-state index in [0.29, 0.717) is 11.1 Å². The first-order chi connectivity index (χ1) is 6.84. The maximum atomic E-state index is 6.03. The first-order valence-electron chi connectivity index (χ1n) is 5.05. The number of aromatic nitrogens is 2. The summed E-state index contributed by atoms with van der Waals surface area (Å²) in [4.78, 5) is 2.51. The van der Waals surface area contributed by atoms with Crippen molar-refractivity contribution in [3.63, 3.8) is 0 Å². The number of halogens is 1. The van der Waals surface area contributed by atoms with E-state index in [1.165, 1.54) is 37.7 Å². The van der Waals surface area contributed by atoms with Crippen molar-refractivity contribution >= 4 is 23.3 Å². The summed E-state index contributed by atoms with van der Waals surface area (Å²) in [5.74, 6) is 1.34. The van der Waals surface area contributed by atoms with Gasteiger partial charge in [-0.25, -0.2) is 0 Å². The quantitative estimate of drug-likeness (QED) is 0.738. The molecule has 2 bridgehead atoms. The van der Waals surface area contributed by atoms with Crippen molar-refractivity contribution in [3.8, 4) is 0 Å². The monoisotopic (exact) mass is 229 g/mol. The second-order valence-corrected chi connectivity index (χ2v) is 5.07. The predicted octanol–water partition coefficient (Wildman–Crippen LogP) is 2.00. The number of hydrogen-bond donors (Lipinski definition) is 0. The van der Waals surface area contributed by atoms with Crippen molar-refractivity contribution in [2.45, 2.75) is 18.8 Å². The van der Waals surface area contributed by atoms with Crippen LogP contribution in [-0.2, 0) is 0 Å². The van der Waals surface area contributed by atoms with Gasteiger partial charge in [-0.05, 0) is 31.8 Å². The molecule has 0 spiro atoms. The standard InChI is InChI=1S/C9H12ClN3S/c10-9-8(11-14-12-9)7-5-13-3-1-6(7)2-4-13/h6-7H,1-5H2. The van der Waals surface area contributed by atoms with E-state index in [1.807, 2.05) is 0 Å². The maximum Gasteiger partial charge on any atom is 0.166 e. The fraction of sp³-hybridized carbons (Fsp3) is 0.778. The minimum atomic E-state index is 0.545. The van der Waals surface area contributed by atoms with Crippen LogP contribution in [0.15, 0.2) is 0 Å². The molecule has 76 valence electrons. The van der Waals surface area contributed by atoms with Crippen molar-refractivity contribution in [1.29, 1.82) is 0 Å². The lowest BCUT2D eigenvalue weighted by atomic mass is 9.78. The van der Waals surface area contributed by atoms with E-state index in [9.17, 15) is 0 Å². The molecule has 3 aliphatic rings. The summed E-state index contributed by atoms with van der Waals surface area (Å²) in [5, 5.41) is 0.633. The fourth-order valence-corrected chi connectivity index (χ4v) is 3.52. The zero-order valence-electron chi connectivity index (χ0n) is 7.82. The van der Waals surface area contributed by atoms with Gasteiger partial charge in [-0.1, -0.05) is 11.6 Å². The third-order valence-corrected chi connectivity index (χ3v) is 4.40.